The van der Waals surface area contributed by atoms with E-state index in [1.165, 1.54) is 0 Å². The lowest BCUT2D eigenvalue weighted by Crippen LogP contribution is -2.45. The lowest BCUT2D eigenvalue weighted by Gasteiger charge is -2.42. The predicted octanol–water partition coefficient (Wildman–Crippen LogP) is 2.87. The van der Waals surface area contributed by atoms with E-state index in [1.54, 1.807) is 6.07 Å². The second kappa shape index (κ2) is 6.74. The number of ether oxygens (including phenoxy) is 1. The number of halogens is 1. The van der Waals surface area contributed by atoms with Crippen LogP contribution in [0.25, 0.3) is 0 Å². The first kappa shape index (κ1) is 17.4. The molecular weight excluding hydrogens is 422 g/mol. The van der Waals surface area contributed by atoms with Crippen LogP contribution in [0.1, 0.15) is 23.6 Å². The van der Waals surface area contributed by atoms with Crippen LogP contribution in [0, 0.1) is 5.92 Å². The van der Waals surface area contributed by atoms with Gasteiger partial charge in [0.05, 0.1) is 0 Å². The van der Waals surface area contributed by atoms with Crippen LogP contribution in [0.5, 0.6) is 0 Å². The van der Waals surface area contributed by atoms with Crippen molar-refractivity contribution >= 4 is 27.8 Å². The quantitative estimate of drug-likeness (QED) is 0.532. The number of likely N-dealkylation sites (tertiary alicyclic amines) is 1. The van der Waals surface area contributed by atoms with Gasteiger partial charge >= 0.3 is 5.97 Å². The average Bonchev–Trinajstić information content (AvgIpc) is 3.04. The first-order valence-electron chi connectivity index (χ1n) is 9.29. The number of carbonyl (C=O) groups excluding carboxylic acids is 1. The van der Waals surface area contributed by atoms with Crippen molar-refractivity contribution in [3.05, 3.63) is 80.4 Å². The molecule has 1 aromatic carbocycles. The maximum atomic E-state index is 12.3. The highest BCUT2D eigenvalue weighted by atomic mass is 79.9. The van der Waals surface area contributed by atoms with Crippen molar-refractivity contribution in [3.8, 4) is 0 Å². The number of aromatic nitrogens is 1. The Hall–Kier alpha value is -2.67. The minimum absolute atomic E-state index is 0.0714. The Morgan fingerprint density at radius 3 is 2.71 bits per heavy atom. The molecule has 0 N–H and O–H groups in total. The SMILES string of the molecule is O=C1OC(c2ccc(Br)cc2)=N/C1=C\N1C[C@@H]2C[C@H](C1)c1cccc(=O)n1C2. The van der Waals surface area contributed by atoms with E-state index in [2.05, 4.69) is 25.8 Å². The summed E-state index contributed by atoms with van der Waals surface area (Å²) in [6.07, 6.45) is 2.88. The van der Waals surface area contributed by atoms with Gasteiger partial charge in [-0.15, -0.1) is 0 Å². The predicted molar refractivity (Wildman–Crippen MR) is 108 cm³/mol. The zero-order chi connectivity index (χ0) is 19.3. The highest BCUT2D eigenvalue weighted by Gasteiger charge is 2.34. The van der Waals surface area contributed by atoms with Crippen molar-refractivity contribution < 1.29 is 9.53 Å². The van der Waals surface area contributed by atoms with E-state index in [9.17, 15) is 9.59 Å². The van der Waals surface area contributed by atoms with Gasteiger partial charge in [0.25, 0.3) is 5.56 Å². The molecule has 2 bridgehead atoms. The number of esters is 1. The monoisotopic (exact) mass is 439 g/mol. The largest absolute Gasteiger partial charge is 0.402 e. The molecule has 0 saturated carbocycles. The molecule has 3 aliphatic rings. The number of hydrogen-bond donors (Lipinski definition) is 0. The maximum Gasteiger partial charge on any atom is 0.365 e. The molecule has 2 aromatic rings. The van der Waals surface area contributed by atoms with E-state index in [0.717, 1.165) is 41.8 Å². The summed E-state index contributed by atoms with van der Waals surface area (Å²) in [5.41, 5.74) is 2.24. The van der Waals surface area contributed by atoms with Gasteiger partial charge in [0.2, 0.25) is 5.90 Å². The third-order valence-corrected chi connectivity index (χ3v) is 6.05. The molecule has 7 heteroatoms. The molecule has 28 heavy (non-hydrogen) atoms. The third-order valence-electron chi connectivity index (χ3n) is 5.52. The molecule has 5 rings (SSSR count). The Morgan fingerprint density at radius 2 is 1.89 bits per heavy atom. The second-order valence-electron chi connectivity index (χ2n) is 7.48. The summed E-state index contributed by atoms with van der Waals surface area (Å²) in [5, 5.41) is 0. The first-order valence-corrected chi connectivity index (χ1v) is 10.1. The Kier molecular flexibility index (Phi) is 4.19. The molecule has 1 aromatic heterocycles. The minimum atomic E-state index is -0.426. The van der Waals surface area contributed by atoms with Gasteiger partial charge in [-0.2, -0.15) is 0 Å². The Bertz CT molecular complexity index is 1070. The average molecular weight is 440 g/mol. The maximum absolute atomic E-state index is 12.3. The summed E-state index contributed by atoms with van der Waals surface area (Å²) in [6, 6.07) is 13.0. The molecule has 0 amide bonds. The number of rotatable bonds is 2. The smallest absolute Gasteiger partial charge is 0.365 e. The summed E-state index contributed by atoms with van der Waals surface area (Å²) in [7, 11) is 0. The van der Waals surface area contributed by atoms with E-state index in [-0.39, 0.29) is 11.5 Å². The van der Waals surface area contributed by atoms with Gasteiger partial charge in [-0.1, -0.05) is 22.0 Å². The van der Waals surface area contributed by atoms with Gasteiger partial charge in [-0.25, -0.2) is 9.79 Å². The van der Waals surface area contributed by atoms with Crippen LogP contribution in [0.2, 0.25) is 0 Å². The normalized spacial score (nSPS) is 24.8. The summed E-state index contributed by atoms with van der Waals surface area (Å²) in [4.78, 5) is 31.0. The molecular formula is C21H18BrN3O3. The number of nitrogens with zero attached hydrogens (tertiary/aromatic N) is 3. The molecule has 6 nitrogen and oxygen atoms in total. The van der Waals surface area contributed by atoms with E-state index in [1.807, 2.05) is 47.2 Å². The standard InChI is InChI=1S/C21H18BrN3O3/c22-16-6-4-14(5-7-16)20-23-17(21(27)28-20)12-24-9-13-8-15(11-24)18-2-1-3-19(26)25(18)10-13/h1-7,12-13,15H,8-11H2/b17-12-/t13-,15+/m0/s1. The zero-order valence-electron chi connectivity index (χ0n) is 15.0. The zero-order valence-corrected chi connectivity index (χ0v) is 16.6. The number of piperidine rings is 1. The van der Waals surface area contributed by atoms with Gasteiger partial charge in [-0.3, -0.25) is 4.79 Å². The molecule has 4 heterocycles. The van der Waals surface area contributed by atoms with Crippen molar-refractivity contribution in [1.82, 2.24) is 9.47 Å². The van der Waals surface area contributed by atoms with Gasteiger partial charge in [0, 0.05) is 53.5 Å². The van der Waals surface area contributed by atoms with E-state index in [4.69, 9.17) is 4.74 Å². The number of benzene rings is 1. The molecule has 0 radical (unpaired) electrons. The molecule has 0 unspecified atom stereocenters. The summed E-state index contributed by atoms with van der Waals surface area (Å²) in [5.74, 6) is 0.573. The van der Waals surface area contributed by atoms with Crippen LogP contribution in [-0.4, -0.2) is 34.4 Å². The Balaban J connectivity index is 1.40. The Labute approximate surface area is 170 Å². The molecule has 142 valence electrons. The summed E-state index contributed by atoms with van der Waals surface area (Å²) < 4.78 is 8.22. The molecule has 0 aliphatic carbocycles. The van der Waals surface area contributed by atoms with Crippen molar-refractivity contribution in [2.24, 2.45) is 10.9 Å². The minimum Gasteiger partial charge on any atom is -0.402 e. The molecule has 1 saturated heterocycles. The van der Waals surface area contributed by atoms with E-state index < -0.39 is 5.97 Å². The fraction of sp³-hybridized carbons (Fsp3) is 0.286. The fourth-order valence-corrected chi connectivity index (χ4v) is 4.59. The number of aliphatic imine (C=N–C) groups is 1. The molecule has 0 spiro atoms. The second-order valence-corrected chi connectivity index (χ2v) is 8.40. The van der Waals surface area contributed by atoms with Crippen LogP contribution in [0.15, 0.2) is 68.6 Å². The van der Waals surface area contributed by atoms with Crippen molar-refractivity contribution in [1.29, 1.82) is 0 Å². The number of cyclic esters (lactones) is 1. The molecule has 1 fully saturated rings. The Morgan fingerprint density at radius 1 is 1.07 bits per heavy atom. The van der Waals surface area contributed by atoms with Crippen LogP contribution >= 0.6 is 15.9 Å². The fourth-order valence-electron chi connectivity index (χ4n) is 4.33. The lowest BCUT2D eigenvalue weighted by atomic mass is 9.83. The van der Waals surface area contributed by atoms with Crippen LogP contribution in [0.4, 0.5) is 0 Å². The lowest BCUT2D eigenvalue weighted by molar-refractivity contribution is -0.130. The van der Waals surface area contributed by atoms with Crippen molar-refractivity contribution in [3.63, 3.8) is 0 Å². The number of hydrogen-bond acceptors (Lipinski definition) is 5. The van der Waals surface area contributed by atoms with Crippen molar-refractivity contribution in [2.75, 3.05) is 13.1 Å². The number of pyridine rings is 1. The van der Waals surface area contributed by atoms with Crippen molar-refractivity contribution in [2.45, 2.75) is 18.9 Å². The van der Waals surface area contributed by atoms with Gasteiger partial charge in [-0.05, 0) is 42.7 Å². The van der Waals surface area contributed by atoms with Crippen LogP contribution < -0.4 is 5.56 Å². The van der Waals surface area contributed by atoms with Gasteiger partial charge < -0.3 is 14.2 Å². The van der Waals surface area contributed by atoms with Gasteiger partial charge in [0.15, 0.2) is 5.70 Å². The number of carbonyl (C=O) groups is 1. The van der Waals surface area contributed by atoms with Crippen LogP contribution in [-0.2, 0) is 16.1 Å². The molecule has 2 atom stereocenters. The topological polar surface area (TPSA) is 63.9 Å². The highest BCUT2D eigenvalue weighted by molar-refractivity contribution is 9.10. The van der Waals surface area contributed by atoms with E-state index in [0.29, 0.717) is 17.5 Å². The summed E-state index contributed by atoms with van der Waals surface area (Å²) in [6.45, 7) is 2.29. The highest BCUT2D eigenvalue weighted by Crippen LogP contribution is 2.35. The van der Waals surface area contributed by atoms with Gasteiger partial charge in [0.1, 0.15) is 0 Å². The first-order chi connectivity index (χ1) is 13.6. The van der Waals surface area contributed by atoms with Crippen LogP contribution in [0.3, 0.4) is 0 Å². The molecule has 3 aliphatic heterocycles. The third kappa shape index (κ3) is 3.09. The number of fused-ring (bicyclic) bond motifs is 4. The van der Waals surface area contributed by atoms with E-state index >= 15 is 0 Å². The summed E-state index contributed by atoms with van der Waals surface area (Å²) >= 11 is 3.40.